The van der Waals surface area contributed by atoms with E-state index < -0.39 is 0 Å². The molecule has 0 unspecified atom stereocenters. The molecule has 1 aromatic carbocycles. The molecule has 0 spiro atoms. The minimum Gasteiger partial charge on any atom is -0.397 e. The minimum atomic E-state index is 0.623. The molecule has 0 amide bonds. The molecule has 0 fully saturated rings. The molecule has 0 saturated carbocycles. The number of nitriles is 1. The highest BCUT2D eigenvalue weighted by atomic mass is 14.6. The lowest BCUT2D eigenvalue weighted by molar-refractivity contribution is 0.928. The molecule has 78 valence electrons. The second-order valence-electron chi connectivity index (χ2n) is 3.57. The Morgan fingerprint density at radius 2 is 2.07 bits per heavy atom. The number of nitrogens with two attached hydrogens (primary N) is 1. The molecule has 0 aliphatic carbocycles. The number of aryl methyl sites for hydroxylation is 1. The van der Waals surface area contributed by atoms with Crippen molar-refractivity contribution >= 4 is 5.70 Å². The molecule has 2 N–H and O–H groups in total. The average molecular weight is 200 g/mol. The highest BCUT2D eigenvalue weighted by Gasteiger charge is 2.06. The zero-order chi connectivity index (χ0) is 11.3. The first-order valence-electron chi connectivity index (χ1n) is 5.15. The molecular weight excluding hydrogens is 184 g/mol. The van der Waals surface area contributed by atoms with Gasteiger partial charge in [0.2, 0.25) is 0 Å². The van der Waals surface area contributed by atoms with Crippen molar-refractivity contribution in [2.24, 2.45) is 5.73 Å². The Hall–Kier alpha value is -1.75. The number of rotatable bonds is 3. The maximum Gasteiger partial charge on any atom is 0.0968 e. The van der Waals surface area contributed by atoms with E-state index in [-0.39, 0.29) is 0 Å². The summed E-state index contributed by atoms with van der Waals surface area (Å²) in [7, 11) is 0. The number of nitrogens with zero attached hydrogens (tertiary/aromatic N) is 1. The van der Waals surface area contributed by atoms with E-state index in [4.69, 9.17) is 11.0 Å². The van der Waals surface area contributed by atoms with Gasteiger partial charge in [0.15, 0.2) is 0 Å². The Bertz CT molecular complexity index is 411. The van der Waals surface area contributed by atoms with E-state index in [9.17, 15) is 0 Å². The fourth-order valence-electron chi connectivity index (χ4n) is 1.54. The molecule has 1 rings (SSSR count). The summed E-state index contributed by atoms with van der Waals surface area (Å²) in [6, 6.07) is 10.1. The highest BCUT2D eigenvalue weighted by Crippen LogP contribution is 2.19. The van der Waals surface area contributed by atoms with E-state index in [1.807, 2.05) is 38.1 Å². The van der Waals surface area contributed by atoms with Crippen LogP contribution in [0.3, 0.4) is 0 Å². The third kappa shape index (κ3) is 2.60. The number of allylic oxidation sites excluding steroid dienone is 1. The summed E-state index contributed by atoms with van der Waals surface area (Å²) in [4.78, 5) is 0. The third-order valence-corrected chi connectivity index (χ3v) is 2.40. The van der Waals surface area contributed by atoms with Crippen LogP contribution in [0.5, 0.6) is 0 Å². The molecule has 2 nitrogen and oxygen atoms in total. The molecule has 0 bridgehead atoms. The molecule has 15 heavy (non-hydrogen) atoms. The molecule has 0 aromatic heterocycles. The first-order valence-corrected chi connectivity index (χ1v) is 5.15. The van der Waals surface area contributed by atoms with Crippen molar-refractivity contribution < 1.29 is 0 Å². The third-order valence-electron chi connectivity index (χ3n) is 2.40. The van der Waals surface area contributed by atoms with Gasteiger partial charge in [0.05, 0.1) is 17.3 Å². The van der Waals surface area contributed by atoms with E-state index in [0.717, 1.165) is 24.0 Å². The quantitative estimate of drug-likeness (QED) is 0.762. The summed E-state index contributed by atoms with van der Waals surface area (Å²) in [5, 5.41) is 8.99. The van der Waals surface area contributed by atoms with Gasteiger partial charge in [-0.25, -0.2) is 0 Å². The maximum atomic E-state index is 8.99. The van der Waals surface area contributed by atoms with Crippen LogP contribution in [-0.4, -0.2) is 0 Å². The first kappa shape index (κ1) is 11.3. The van der Waals surface area contributed by atoms with Gasteiger partial charge in [0.1, 0.15) is 0 Å². The van der Waals surface area contributed by atoms with E-state index in [1.165, 1.54) is 0 Å². The Labute approximate surface area is 91.0 Å². The summed E-state index contributed by atoms with van der Waals surface area (Å²) in [6.07, 6.45) is 1.69. The van der Waals surface area contributed by atoms with Gasteiger partial charge in [-0.15, -0.1) is 0 Å². The summed E-state index contributed by atoms with van der Waals surface area (Å²) in [6.45, 7) is 4.05. The molecule has 0 aliphatic heterocycles. The standard InChI is InChI=1S/C13H16N2/c1-3-6-11(9-14)13(15)12-8-5-4-7-10(12)2/h4-5,7-8H,3,6,15H2,1-2H3/b13-11-. The van der Waals surface area contributed by atoms with E-state index in [0.29, 0.717) is 11.3 Å². The van der Waals surface area contributed by atoms with Crippen LogP contribution >= 0.6 is 0 Å². The molecule has 0 heterocycles. The smallest absolute Gasteiger partial charge is 0.0968 e. The molecule has 0 atom stereocenters. The number of hydrogen-bond donors (Lipinski definition) is 1. The van der Waals surface area contributed by atoms with Gasteiger partial charge in [0, 0.05) is 5.56 Å². The zero-order valence-corrected chi connectivity index (χ0v) is 9.25. The Morgan fingerprint density at radius 3 is 2.60 bits per heavy atom. The fourth-order valence-corrected chi connectivity index (χ4v) is 1.54. The zero-order valence-electron chi connectivity index (χ0n) is 9.25. The topological polar surface area (TPSA) is 49.8 Å². The van der Waals surface area contributed by atoms with Gasteiger partial charge in [0.25, 0.3) is 0 Å². The minimum absolute atomic E-state index is 0.623. The largest absolute Gasteiger partial charge is 0.397 e. The average Bonchev–Trinajstić information content (AvgIpc) is 2.25. The van der Waals surface area contributed by atoms with Crippen molar-refractivity contribution in [3.8, 4) is 6.07 Å². The van der Waals surface area contributed by atoms with Crippen molar-refractivity contribution in [2.75, 3.05) is 0 Å². The van der Waals surface area contributed by atoms with Crippen LogP contribution in [0.1, 0.15) is 30.9 Å². The van der Waals surface area contributed by atoms with E-state index in [1.54, 1.807) is 0 Å². The summed E-state index contributed by atoms with van der Waals surface area (Å²) in [5.74, 6) is 0. The van der Waals surface area contributed by atoms with Gasteiger partial charge >= 0.3 is 0 Å². The van der Waals surface area contributed by atoms with Gasteiger partial charge in [-0.3, -0.25) is 0 Å². The SMILES string of the molecule is CCC/C(C#N)=C(/N)c1ccccc1C. The highest BCUT2D eigenvalue weighted by molar-refractivity contribution is 5.71. The first-order chi connectivity index (χ1) is 7.20. The second kappa shape index (κ2) is 5.21. The lowest BCUT2D eigenvalue weighted by Gasteiger charge is -2.07. The molecule has 2 heteroatoms. The van der Waals surface area contributed by atoms with Crippen LogP contribution in [0, 0.1) is 18.3 Å². The summed E-state index contributed by atoms with van der Waals surface area (Å²) < 4.78 is 0. The summed E-state index contributed by atoms with van der Waals surface area (Å²) in [5.41, 5.74) is 9.39. The van der Waals surface area contributed by atoms with Crippen LogP contribution < -0.4 is 5.73 Å². The van der Waals surface area contributed by atoms with Crippen LogP contribution in [0.25, 0.3) is 5.70 Å². The lowest BCUT2D eigenvalue weighted by Crippen LogP contribution is -2.02. The van der Waals surface area contributed by atoms with Crippen molar-refractivity contribution in [1.82, 2.24) is 0 Å². The van der Waals surface area contributed by atoms with Crippen molar-refractivity contribution in [3.05, 3.63) is 41.0 Å². The van der Waals surface area contributed by atoms with Gasteiger partial charge in [-0.1, -0.05) is 37.6 Å². The molecule has 1 aromatic rings. The number of benzene rings is 1. The van der Waals surface area contributed by atoms with Gasteiger partial charge < -0.3 is 5.73 Å². The maximum absolute atomic E-state index is 8.99. The predicted molar refractivity (Wildman–Crippen MR) is 62.8 cm³/mol. The van der Waals surface area contributed by atoms with Crippen LogP contribution in [0.2, 0.25) is 0 Å². The molecule has 0 saturated heterocycles. The fraction of sp³-hybridized carbons (Fsp3) is 0.308. The van der Waals surface area contributed by atoms with E-state index in [2.05, 4.69) is 6.07 Å². The van der Waals surface area contributed by atoms with Crippen LogP contribution in [0.15, 0.2) is 29.8 Å². The molecular formula is C13H16N2. The Kier molecular flexibility index (Phi) is 3.93. The van der Waals surface area contributed by atoms with E-state index >= 15 is 0 Å². The predicted octanol–water partition coefficient (Wildman–Crippen LogP) is 2.99. The van der Waals surface area contributed by atoms with Crippen molar-refractivity contribution in [3.63, 3.8) is 0 Å². The number of hydrogen-bond acceptors (Lipinski definition) is 2. The monoisotopic (exact) mass is 200 g/mol. The molecule has 0 aliphatic rings. The summed E-state index contributed by atoms with van der Waals surface area (Å²) >= 11 is 0. The van der Waals surface area contributed by atoms with Gasteiger partial charge in [-0.2, -0.15) is 5.26 Å². The van der Waals surface area contributed by atoms with Gasteiger partial charge in [-0.05, 0) is 18.9 Å². The van der Waals surface area contributed by atoms with Crippen LogP contribution in [0.4, 0.5) is 0 Å². The van der Waals surface area contributed by atoms with Crippen molar-refractivity contribution in [1.29, 1.82) is 5.26 Å². The van der Waals surface area contributed by atoms with Crippen LogP contribution in [-0.2, 0) is 0 Å². The normalized spacial score (nSPS) is 11.8. The lowest BCUT2D eigenvalue weighted by atomic mass is 10.0. The Balaban J connectivity index is 3.18. The van der Waals surface area contributed by atoms with Crippen molar-refractivity contribution in [2.45, 2.75) is 26.7 Å². The second-order valence-corrected chi connectivity index (χ2v) is 3.57. The Morgan fingerprint density at radius 1 is 1.40 bits per heavy atom. The molecule has 0 radical (unpaired) electrons.